The molecule has 1 heterocycles. The summed E-state index contributed by atoms with van der Waals surface area (Å²) in [5.41, 5.74) is 1.90. The van der Waals surface area contributed by atoms with Crippen LogP contribution in [0.15, 0.2) is 75.9 Å². The van der Waals surface area contributed by atoms with Crippen LogP contribution in [0.5, 0.6) is 5.75 Å². The van der Waals surface area contributed by atoms with Gasteiger partial charge >= 0.3 is 5.63 Å². The molecule has 5 heteroatoms. The molecule has 3 aromatic carbocycles. The Bertz CT molecular complexity index is 1260. The van der Waals surface area contributed by atoms with E-state index >= 15 is 0 Å². The van der Waals surface area contributed by atoms with E-state index in [1.54, 1.807) is 12.1 Å². The lowest BCUT2D eigenvalue weighted by atomic mass is 10.0. The van der Waals surface area contributed by atoms with E-state index in [1.165, 1.54) is 6.07 Å². The molecule has 0 radical (unpaired) electrons. The van der Waals surface area contributed by atoms with Crippen LogP contribution in [0.3, 0.4) is 0 Å². The van der Waals surface area contributed by atoms with Crippen molar-refractivity contribution in [3.05, 3.63) is 88.3 Å². The number of ether oxygens (including phenoxy) is 1. The highest BCUT2D eigenvalue weighted by Crippen LogP contribution is 2.23. The summed E-state index contributed by atoms with van der Waals surface area (Å²) in [4.78, 5) is 23.9. The third-order valence-electron chi connectivity index (χ3n) is 4.94. The fourth-order valence-corrected chi connectivity index (χ4v) is 3.39. The molecule has 0 bridgehead atoms. The first kappa shape index (κ1) is 18.7. The quantitative estimate of drug-likeness (QED) is 0.512. The van der Waals surface area contributed by atoms with E-state index in [0.717, 1.165) is 27.3 Å². The predicted octanol–water partition coefficient (Wildman–Crippen LogP) is 4.51. The van der Waals surface area contributed by atoms with Crippen LogP contribution in [0.2, 0.25) is 0 Å². The molecular weight excluding hydrogens is 366 g/mol. The molecule has 1 N–H and O–H groups in total. The van der Waals surface area contributed by atoms with Crippen LogP contribution in [0.25, 0.3) is 21.7 Å². The van der Waals surface area contributed by atoms with Gasteiger partial charge in [0, 0.05) is 17.5 Å². The zero-order chi connectivity index (χ0) is 20.4. The Hall–Kier alpha value is -3.60. The van der Waals surface area contributed by atoms with E-state index < -0.39 is 5.63 Å². The third kappa shape index (κ3) is 4.14. The van der Waals surface area contributed by atoms with Crippen LogP contribution in [-0.4, -0.2) is 12.5 Å². The van der Waals surface area contributed by atoms with Gasteiger partial charge in [0.2, 0.25) is 0 Å². The van der Waals surface area contributed by atoms with E-state index in [-0.39, 0.29) is 18.6 Å². The van der Waals surface area contributed by atoms with E-state index in [4.69, 9.17) is 9.15 Å². The van der Waals surface area contributed by atoms with Gasteiger partial charge in [-0.1, -0.05) is 36.4 Å². The number of fused-ring (bicyclic) bond motifs is 2. The number of hydrogen-bond donors (Lipinski definition) is 1. The summed E-state index contributed by atoms with van der Waals surface area (Å²) in [6, 6.07) is 20.8. The topological polar surface area (TPSA) is 68.5 Å². The van der Waals surface area contributed by atoms with Crippen molar-refractivity contribution in [2.45, 2.75) is 19.9 Å². The first-order valence-corrected chi connectivity index (χ1v) is 9.45. The molecule has 0 aliphatic heterocycles. The summed E-state index contributed by atoms with van der Waals surface area (Å²) < 4.78 is 10.8. The molecule has 4 rings (SSSR count). The Balaban J connectivity index is 1.41. The van der Waals surface area contributed by atoms with Crippen molar-refractivity contribution >= 4 is 27.6 Å². The first-order chi connectivity index (χ1) is 14.0. The third-order valence-corrected chi connectivity index (χ3v) is 4.94. The highest BCUT2D eigenvalue weighted by Gasteiger charge is 2.11. The summed E-state index contributed by atoms with van der Waals surface area (Å²) in [6.07, 6.45) is 0. The molecular formula is C24H21NO4. The van der Waals surface area contributed by atoms with Crippen LogP contribution >= 0.6 is 0 Å². The molecule has 0 saturated carbocycles. The van der Waals surface area contributed by atoms with E-state index in [2.05, 4.69) is 29.6 Å². The lowest BCUT2D eigenvalue weighted by Crippen LogP contribution is -2.31. The van der Waals surface area contributed by atoms with E-state index in [9.17, 15) is 9.59 Å². The maximum absolute atomic E-state index is 12.3. The smallest absolute Gasteiger partial charge is 0.336 e. The molecule has 1 atom stereocenters. The normalized spacial score (nSPS) is 12.1. The molecule has 1 aromatic heterocycles. The maximum Gasteiger partial charge on any atom is 0.336 e. The summed E-state index contributed by atoms with van der Waals surface area (Å²) in [7, 11) is 0. The van der Waals surface area contributed by atoms with E-state index in [1.807, 2.05) is 38.1 Å². The fourth-order valence-electron chi connectivity index (χ4n) is 3.39. The molecule has 0 fully saturated rings. The summed E-state index contributed by atoms with van der Waals surface area (Å²) >= 11 is 0. The molecule has 0 unspecified atom stereocenters. The average Bonchev–Trinajstić information content (AvgIpc) is 2.71. The molecule has 1 amide bonds. The molecule has 146 valence electrons. The van der Waals surface area contributed by atoms with Gasteiger partial charge in [0.15, 0.2) is 6.61 Å². The number of aryl methyl sites for hydroxylation is 1. The Morgan fingerprint density at radius 1 is 1.03 bits per heavy atom. The minimum absolute atomic E-state index is 0.126. The number of rotatable bonds is 5. The van der Waals surface area contributed by atoms with Gasteiger partial charge < -0.3 is 14.5 Å². The fraction of sp³-hybridized carbons (Fsp3) is 0.167. The largest absolute Gasteiger partial charge is 0.484 e. The average molecular weight is 387 g/mol. The number of benzene rings is 3. The van der Waals surface area contributed by atoms with Crippen LogP contribution in [-0.2, 0) is 4.79 Å². The SMILES string of the molecule is Cc1cc(=O)oc2cc(OCC(=O)N[C@H](C)c3ccc4ccccc4c3)ccc12. The zero-order valence-corrected chi connectivity index (χ0v) is 16.3. The Morgan fingerprint density at radius 3 is 2.66 bits per heavy atom. The minimum atomic E-state index is -0.408. The molecule has 0 aliphatic carbocycles. The van der Waals surface area contributed by atoms with Crippen molar-refractivity contribution in [3.8, 4) is 5.75 Å². The second kappa shape index (κ2) is 7.80. The number of nitrogens with one attached hydrogen (secondary N) is 1. The summed E-state index contributed by atoms with van der Waals surface area (Å²) in [6.45, 7) is 3.66. The number of amides is 1. The summed E-state index contributed by atoms with van der Waals surface area (Å²) in [5.74, 6) is 0.246. The van der Waals surface area contributed by atoms with Gasteiger partial charge in [-0.3, -0.25) is 4.79 Å². The highest BCUT2D eigenvalue weighted by molar-refractivity contribution is 5.84. The van der Waals surface area contributed by atoms with E-state index in [0.29, 0.717) is 11.3 Å². The molecule has 5 nitrogen and oxygen atoms in total. The monoisotopic (exact) mass is 387 g/mol. The predicted molar refractivity (Wildman–Crippen MR) is 113 cm³/mol. The van der Waals surface area contributed by atoms with Gasteiger partial charge in [0.1, 0.15) is 11.3 Å². The van der Waals surface area contributed by atoms with Gasteiger partial charge in [-0.05, 0) is 53.9 Å². The molecule has 0 spiro atoms. The zero-order valence-electron chi connectivity index (χ0n) is 16.3. The van der Waals surface area contributed by atoms with Crippen LogP contribution in [0, 0.1) is 6.92 Å². The van der Waals surface area contributed by atoms with Crippen molar-refractivity contribution in [3.63, 3.8) is 0 Å². The number of carbonyl (C=O) groups excluding carboxylic acids is 1. The lowest BCUT2D eigenvalue weighted by Gasteiger charge is -2.15. The van der Waals surface area contributed by atoms with Crippen molar-refractivity contribution in [2.24, 2.45) is 0 Å². The van der Waals surface area contributed by atoms with Gasteiger partial charge in [-0.25, -0.2) is 4.79 Å². The van der Waals surface area contributed by atoms with Gasteiger partial charge in [-0.15, -0.1) is 0 Å². The van der Waals surface area contributed by atoms with Crippen molar-refractivity contribution in [1.82, 2.24) is 5.32 Å². The second-order valence-electron chi connectivity index (χ2n) is 7.09. The molecule has 0 saturated heterocycles. The van der Waals surface area contributed by atoms with Gasteiger partial charge in [0.05, 0.1) is 6.04 Å². The van der Waals surface area contributed by atoms with Crippen LogP contribution < -0.4 is 15.7 Å². The van der Waals surface area contributed by atoms with Crippen LogP contribution in [0.1, 0.15) is 24.1 Å². The standard InChI is InChI=1S/C24H21NO4/c1-15-11-24(27)29-22-13-20(9-10-21(15)22)28-14-23(26)25-16(2)18-8-7-17-5-3-4-6-19(17)12-18/h3-13,16H,14H2,1-2H3,(H,25,26)/t16-/m1/s1. The van der Waals surface area contributed by atoms with Gasteiger partial charge in [-0.2, -0.15) is 0 Å². The molecule has 0 aliphatic rings. The van der Waals surface area contributed by atoms with Crippen molar-refractivity contribution < 1.29 is 13.9 Å². The number of carbonyl (C=O) groups is 1. The van der Waals surface area contributed by atoms with Crippen LogP contribution in [0.4, 0.5) is 0 Å². The maximum atomic E-state index is 12.3. The molecule has 4 aromatic rings. The summed E-state index contributed by atoms with van der Waals surface area (Å²) in [5, 5.41) is 6.09. The van der Waals surface area contributed by atoms with Crippen molar-refractivity contribution in [2.75, 3.05) is 6.61 Å². The minimum Gasteiger partial charge on any atom is -0.484 e. The molecule has 29 heavy (non-hydrogen) atoms. The Morgan fingerprint density at radius 2 is 1.83 bits per heavy atom. The lowest BCUT2D eigenvalue weighted by molar-refractivity contribution is -0.123. The van der Waals surface area contributed by atoms with Gasteiger partial charge in [0.25, 0.3) is 5.91 Å². The second-order valence-corrected chi connectivity index (χ2v) is 7.09. The van der Waals surface area contributed by atoms with Crippen molar-refractivity contribution in [1.29, 1.82) is 0 Å². The number of hydrogen-bond acceptors (Lipinski definition) is 4. The highest BCUT2D eigenvalue weighted by atomic mass is 16.5. The Labute approximate surface area is 167 Å². The Kier molecular flexibility index (Phi) is 5.04. The first-order valence-electron chi connectivity index (χ1n) is 9.45.